The summed E-state index contributed by atoms with van der Waals surface area (Å²) >= 11 is 0. The van der Waals surface area contributed by atoms with Gasteiger partial charge in [-0.1, -0.05) is 39.3 Å². The van der Waals surface area contributed by atoms with Gasteiger partial charge in [-0.05, 0) is 106 Å². The Labute approximate surface area is 358 Å². The zero-order chi connectivity index (χ0) is 43.5. The topological polar surface area (TPSA) is 236 Å². The molecule has 0 amide bonds. The molecule has 5 saturated heterocycles. The van der Waals surface area contributed by atoms with Crippen LogP contribution in [0.25, 0.3) is 0 Å². The third-order valence-corrected chi connectivity index (χ3v) is 17.6. The molecule has 1 spiro atoms. The summed E-state index contributed by atoms with van der Waals surface area (Å²) < 4.78 is 50.1. The van der Waals surface area contributed by atoms with Crippen LogP contribution in [-0.2, 0) is 37.9 Å². The molecule has 26 atom stereocenters. The van der Waals surface area contributed by atoms with Crippen LogP contribution in [-0.4, -0.2) is 164 Å². The van der Waals surface area contributed by atoms with E-state index in [0.717, 1.165) is 45.1 Å². The van der Waals surface area contributed by atoms with Gasteiger partial charge in [-0.2, -0.15) is 0 Å². The van der Waals surface area contributed by atoms with E-state index in [1.165, 1.54) is 25.8 Å². The fraction of sp³-hybridized carbons (Fsp3) is 0.956. The van der Waals surface area contributed by atoms with Crippen LogP contribution < -0.4 is 0 Å². The van der Waals surface area contributed by atoms with E-state index in [0.29, 0.717) is 48.3 Å². The summed E-state index contributed by atoms with van der Waals surface area (Å²) in [6, 6.07) is 0. The molecule has 0 radical (unpaired) electrons. The van der Waals surface area contributed by atoms with Crippen molar-refractivity contribution in [2.75, 3.05) is 13.2 Å². The SMILES string of the molecule is C[C@@H]1CC[C@@]2(OC1)O[C@H]1C[C@@H]3[C@@H]4CC=C5C[C@@H](O[C@@H]6O[C@H](CO)[C@@H](OC7O[C@@H](C)[C@H](O)[C@H](O)[C@H]7O)[C@H](O)[C@H]6O[C@@H]6O[C@@H](C)[C@H](O)C(O)[C@H]6O)CC[C@]5(C)[C@H]4CC[C@]3(C)[C@H]1[C@@H]2C. The molecule has 16 nitrogen and oxygen atoms in total. The zero-order valence-corrected chi connectivity index (χ0v) is 36.5. The maximum atomic E-state index is 12.0. The molecule has 4 aliphatic carbocycles. The van der Waals surface area contributed by atoms with E-state index in [1.54, 1.807) is 0 Å². The van der Waals surface area contributed by atoms with Crippen molar-refractivity contribution in [1.29, 1.82) is 0 Å². The van der Waals surface area contributed by atoms with Crippen molar-refractivity contribution in [3.05, 3.63) is 11.6 Å². The second kappa shape index (κ2) is 16.8. The molecule has 0 aromatic heterocycles. The standard InChI is InChI=1S/C45H72O16/c1-19-9-14-45(54-18-19)20(2)30-28(61-45)16-27-25-8-7-23-15-24(10-12-43(23,5)26(25)11-13-44(27,30)6)57-42-39(60-41-36(52)34(50)32(48)22(4)56-41)37(53)38(29(17-46)58-42)59-40-35(51)33(49)31(47)21(3)55-40/h7,19-22,24-42,46-53H,8-18H2,1-6H3/t19-,20+,21+,22+,24+,25-,26+,27-,28+,29-,30+,31+,32+,33+,34?,35-,36-,37+,38-,39-,40?,41+,42-,43+,44+,45-/m1/s1. The molecule has 2 unspecified atom stereocenters. The van der Waals surface area contributed by atoms with Crippen molar-refractivity contribution < 1.29 is 78.7 Å². The molecule has 0 aromatic rings. The van der Waals surface area contributed by atoms with E-state index in [9.17, 15) is 40.9 Å². The van der Waals surface area contributed by atoms with Crippen LogP contribution in [0, 0.1) is 46.3 Å². The summed E-state index contributed by atoms with van der Waals surface area (Å²) in [7, 11) is 0. The number of aliphatic hydroxyl groups is 8. The van der Waals surface area contributed by atoms with Gasteiger partial charge in [-0.15, -0.1) is 0 Å². The minimum atomic E-state index is -1.71. The molecular weight excluding hydrogens is 796 g/mol. The molecule has 0 bridgehead atoms. The van der Waals surface area contributed by atoms with Crippen LogP contribution in [0.3, 0.4) is 0 Å². The summed E-state index contributed by atoms with van der Waals surface area (Å²) in [5, 5.41) is 85.9. The number of rotatable bonds is 7. The van der Waals surface area contributed by atoms with E-state index in [1.807, 2.05) is 0 Å². The molecule has 9 aliphatic rings. The Morgan fingerprint density at radius 2 is 1.34 bits per heavy atom. The van der Waals surface area contributed by atoms with E-state index >= 15 is 0 Å². The molecule has 348 valence electrons. The van der Waals surface area contributed by atoms with Crippen LogP contribution in [0.4, 0.5) is 0 Å². The Bertz CT molecular complexity index is 1590. The molecule has 5 heterocycles. The van der Waals surface area contributed by atoms with E-state index in [-0.39, 0.29) is 23.0 Å². The fourth-order valence-electron chi connectivity index (χ4n) is 14.0. The fourth-order valence-corrected chi connectivity index (χ4v) is 14.0. The highest BCUT2D eigenvalue weighted by molar-refractivity contribution is 5.26. The third kappa shape index (κ3) is 7.42. The number of hydrogen-bond acceptors (Lipinski definition) is 16. The van der Waals surface area contributed by atoms with Gasteiger partial charge in [0.05, 0.1) is 37.6 Å². The number of allylic oxidation sites excluding steroid dienone is 1. The Kier molecular flexibility index (Phi) is 12.4. The highest BCUT2D eigenvalue weighted by Crippen LogP contribution is 2.70. The monoisotopic (exact) mass is 868 g/mol. The highest BCUT2D eigenvalue weighted by Gasteiger charge is 2.69. The maximum absolute atomic E-state index is 12.0. The lowest BCUT2D eigenvalue weighted by Gasteiger charge is -2.58. The zero-order valence-electron chi connectivity index (χ0n) is 36.5. The second-order valence-corrected chi connectivity index (χ2v) is 21.1. The molecule has 8 fully saturated rings. The lowest BCUT2D eigenvalue weighted by Crippen LogP contribution is -2.66. The predicted octanol–water partition coefficient (Wildman–Crippen LogP) is 1.24. The molecule has 61 heavy (non-hydrogen) atoms. The first kappa shape index (κ1) is 45.3. The van der Waals surface area contributed by atoms with Gasteiger partial charge in [0.1, 0.15) is 61.0 Å². The van der Waals surface area contributed by atoms with Crippen molar-refractivity contribution >= 4 is 0 Å². The van der Waals surface area contributed by atoms with Gasteiger partial charge in [0.2, 0.25) is 0 Å². The maximum Gasteiger partial charge on any atom is 0.187 e. The number of ether oxygens (including phenoxy) is 8. The Morgan fingerprint density at radius 3 is 1.97 bits per heavy atom. The van der Waals surface area contributed by atoms with Crippen molar-refractivity contribution in [3.63, 3.8) is 0 Å². The molecule has 0 aromatic carbocycles. The Balaban J connectivity index is 0.916. The van der Waals surface area contributed by atoms with Crippen molar-refractivity contribution in [3.8, 4) is 0 Å². The first-order chi connectivity index (χ1) is 28.9. The summed E-state index contributed by atoms with van der Waals surface area (Å²) in [5.41, 5.74) is 1.53. The van der Waals surface area contributed by atoms with Crippen molar-refractivity contribution in [2.45, 2.75) is 209 Å². The highest BCUT2D eigenvalue weighted by atomic mass is 16.8. The normalized spacial score (nSPS) is 58.4. The smallest absolute Gasteiger partial charge is 0.187 e. The van der Waals surface area contributed by atoms with Crippen LogP contribution >= 0.6 is 0 Å². The summed E-state index contributed by atoms with van der Waals surface area (Å²) in [6.07, 6.45) is -10.4. The quantitative estimate of drug-likeness (QED) is 0.168. The van der Waals surface area contributed by atoms with Crippen molar-refractivity contribution in [1.82, 2.24) is 0 Å². The minimum absolute atomic E-state index is 0.0171. The molecular formula is C45H72O16. The number of aliphatic hydroxyl groups excluding tert-OH is 8. The van der Waals surface area contributed by atoms with E-state index < -0.39 is 105 Å². The summed E-state index contributed by atoms with van der Waals surface area (Å²) in [5.74, 6) is 2.64. The summed E-state index contributed by atoms with van der Waals surface area (Å²) in [4.78, 5) is 0. The Morgan fingerprint density at radius 1 is 0.689 bits per heavy atom. The van der Waals surface area contributed by atoms with Gasteiger partial charge in [0.15, 0.2) is 24.7 Å². The van der Waals surface area contributed by atoms with Crippen LogP contribution in [0.5, 0.6) is 0 Å². The van der Waals surface area contributed by atoms with Crippen LogP contribution in [0.1, 0.15) is 99.3 Å². The van der Waals surface area contributed by atoms with E-state index in [2.05, 4.69) is 33.8 Å². The number of fused-ring (bicyclic) bond motifs is 7. The van der Waals surface area contributed by atoms with E-state index in [4.69, 9.17) is 37.9 Å². The predicted molar refractivity (Wildman–Crippen MR) is 213 cm³/mol. The lowest BCUT2D eigenvalue weighted by atomic mass is 9.47. The molecule has 8 N–H and O–H groups in total. The molecule has 9 rings (SSSR count). The Hall–Kier alpha value is -0.900. The van der Waals surface area contributed by atoms with Crippen LogP contribution in [0.15, 0.2) is 11.6 Å². The molecule has 5 aliphatic heterocycles. The average molecular weight is 869 g/mol. The van der Waals surface area contributed by atoms with Crippen molar-refractivity contribution in [2.24, 2.45) is 46.3 Å². The second-order valence-electron chi connectivity index (χ2n) is 21.1. The minimum Gasteiger partial charge on any atom is -0.394 e. The largest absolute Gasteiger partial charge is 0.394 e. The van der Waals surface area contributed by atoms with Gasteiger partial charge in [0.25, 0.3) is 0 Å². The first-order valence-electron chi connectivity index (χ1n) is 23.2. The first-order valence-corrected chi connectivity index (χ1v) is 23.2. The lowest BCUT2D eigenvalue weighted by molar-refractivity contribution is -0.388. The average Bonchev–Trinajstić information content (AvgIpc) is 3.69. The van der Waals surface area contributed by atoms with Gasteiger partial charge in [0, 0.05) is 12.3 Å². The van der Waals surface area contributed by atoms with Gasteiger partial charge < -0.3 is 78.7 Å². The van der Waals surface area contributed by atoms with Crippen LogP contribution in [0.2, 0.25) is 0 Å². The van der Waals surface area contributed by atoms with Gasteiger partial charge in [-0.25, -0.2) is 0 Å². The summed E-state index contributed by atoms with van der Waals surface area (Å²) in [6.45, 7) is 12.7. The molecule has 16 heteroatoms. The number of hydrogen-bond donors (Lipinski definition) is 8. The molecule has 3 saturated carbocycles. The van der Waals surface area contributed by atoms with Gasteiger partial charge >= 0.3 is 0 Å². The third-order valence-electron chi connectivity index (χ3n) is 17.6. The van der Waals surface area contributed by atoms with Gasteiger partial charge in [-0.3, -0.25) is 0 Å².